The first-order valence-electron chi connectivity index (χ1n) is 6.74. The second-order valence-electron chi connectivity index (χ2n) is 5.16. The minimum Gasteiger partial charge on any atom is -0.396 e. The topological polar surface area (TPSA) is 87.0 Å². The Morgan fingerprint density at radius 1 is 1.35 bits per heavy atom. The van der Waals surface area contributed by atoms with Crippen LogP contribution in [0.3, 0.4) is 0 Å². The van der Waals surface area contributed by atoms with Gasteiger partial charge in [0.05, 0.1) is 16.7 Å². The average Bonchev–Trinajstić information content (AvgIpc) is 3.07. The third kappa shape index (κ3) is 2.24. The maximum Gasteiger partial charge on any atom is 0.270 e. The van der Waals surface area contributed by atoms with Crippen molar-refractivity contribution < 1.29 is 4.92 Å². The Labute approximate surface area is 116 Å². The Hall–Kier alpha value is -2.37. The number of hydrogen-bond acceptors (Lipinski definition) is 4. The fourth-order valence-corrected chi connectivity index (χ4v) is 2.75. The Morgan fingerprint density at radius 3 is 2.80 bits per heavy atom. The molecule has 0 spiro atoms. The summed E-state index contributed by atoms with van der Waals surface area (Å²) in [7, 11) is 0. The number of hydrogen-bond donors (Lipinski definition) is 1. The highest BCUT2D eigenvalue weighted by atomic mass is 16.6. The van der Waals surface area contributed by atoms with Gasteiger partial charge in [0.15, 0.2) is 0 Å². The summed E-state index contributed by atoms with van der Waals surface area (Å²) in [5.74, 6) is 0. The standard InChI is InChI=1S/C14H16N4O2/c15-13-9-17(11-5-1-2-6-11)16-14(13)10-4-3-7-12(8-10)18(19)20/h3-4,7-9,11H,1-2,5-6,15H2. The maximum absolute atomic E-state index is 10.8. The van der Waals surface area contributed by atoms with Crippen LogP contribution in [-0.4, -0.2) is 14.7 Å². The van der Waals surface area contributed by atoms with Crippen LogP contribution in [0, 0.1) is 10.1 Å². The molecule has 0 aliphatic heterocycles. The fraction of sp³-hybridized carbons (Fsp3) is 0.357. The molecule has 1 aliphatic carbocycles. The van der Waals surface area contributed by atoms with Crippen LogP contribution < -0.4 is 5.73 Å². The second-order valence-corrected chi connectivity index (χ2v) is 5.16. The minimum atomic E-state index is -0.409. The number of nitrogen functional groups attached to an aromatic ring is 1. The van der Waals surface area contributed by atoms with Gasteiger partial charge in [-0.3, -0.25) is 14.8 Å². The fourth-order valence-electron chi connectivity index (χ4n) is 2.75. The lowest BCUT2D eigenvalue weighted by molar-refractivity contribution is -0.384. The number of non-ortho nitro benzene ring substituents is 1. The summed E-state index contributed by atoms with van der Waals surface area (Å²) in [5.41, 5.74) is 7.95. The first-order valence-corrected chi connectivity index (χ1v) is 6.74. The molecule has 2 N–H and O–H groups in total. The van der Waals surface area contributed by atoms with Crippen molar-refractivity contribution in [3.63, 3.8) is 0 Å². The molecule has 1 aromatic carbocycles. The van der Waals surface area contributed by atoms with E-state index in [4.69, 9.17) is 5.73 Å². The number of rotatable bonds is 3. The Kier molecular flexibility index (Phi) is 3.14. The van der Waals surface area contributed by atoms with Crippen LogP contribution in [0.5, 0.6) is 0 Å². The lowest BCUT2D eigenvalue weighted by Gasteiger charge is -2.08. The molecule has 3 rings (SSSR count). The van der Waals surface area contributed by atoms with Crippen LogP contribution in [0.25, 0.3) is 11.3 Å². The molecule has 0 radical (unpaired) electrons. The summed E-state index contributed by atoms with van der Waals surface area (Å²) < 4.78 is 1.91. The van der Waals surface area contributed by atoms with Gasteiger partial charge in [-0.2, -0.15) is 5.10 Å². The zero-order valence-electron chi connectivity index (χ0n) is 11.0. The van der Waals surface area contributed by atoms with E-state index in [-0.39, 0.29) is 5.69 Å². The van der Waals surface area contributed by atoms with Gasteiger partial charge >= 0.3 is 0 Å². The second kappa shape index (κ2) is 4.96. The number of benzene rings is 1. The highest BCUT2D eigenvalue weighted by Gasteiger charge is 2.20. The van der Waals surface area contributed by atoms with E-state index in [2.05, 4.69) is 5.10 Å². The lowest BCUT2D eigenvalue weighted by Crippen LogP contribution is -2.04. The Balaban J connectivity index is 1.97. The molecule has 1 saturated carbocycles. The molecule has 1 aliphatic rings. The van der Waals surface area contributed by atoms with Crippen LogP contribution in [0.1, 0.15) is 31.7 Å². The molecule has 1 aromatic heterocycles. The van der Waals surface area contributed by atoms with Crippen molar-refractivity contribution in [2.24, 2.45) is 0 Å². The van der Waals surface area contributed by atoms with Crippen molar-refractivity contribution in [1.82, 2.24) is 9.78 Å². The zero-order chi connectivity index (χ0) is 14.1. The smallest absolute Gasteiger partial charge is 0.270 e. The molecule has 0 amide bonds. The highest BCUT2D eigenvalue weighted by Crippen LogP contribution is 2.33. The van der Waals surface area contributed by atoms with Gasteiger partial charge in [-0.05, 0) is 12.8 Å². The van der Waals surface area contributed by atoms with E-state index >= 15 is 0 Å². The number of anilines is 1. The summed E-state index contributed by atoms with van der Waals surface area (Å²) >= 11 is 0. The summed E-state index contributed by atoms with van der Waals surface area (Å²) in [6.07, 6.45) is 6.52. The maximum atomic E-state index is 10.8. The van der Waals surface area contributed by atoms with E-state index in [1.165, 1.54) is 25.0 Å². The van der Waals surface area contributed by atoms with Gasteiger partial charge in [-0.15, -0.1) is 0 Å². The molecule has 104 valence electrons. The van der Waals surface area contributed by atoms with Gasteiger partial charge in [0.25, 0.3) is 5.69 Å². The third-order valence-electron chi connectivity index (χ3n) is 3.79. The van der Waals surface area contributed by atoms with Gasteiger partial charge in [0.1, 0.15) is 5.69 Å². The van der Waals surface area contributed by atoms with Crippen LogP contribution >= 0.6 is 0 Å². The predicted molar refractivity (Wildman–Crippen MR) is 76.2 cm³/mol. The summed E-state index contributed by atoms with van der Waals surface area (Å²) in [6.45, 7) is 0. The Bertz CT molecular complexity index is 644. The highest BCUT2D eigenvalue weighted by molar-refractivity contribution is 5.73. The minimum absolute atomic E-state index is 0.0531. The molecule has 1 heterocycles. The van der Waals surface area contributed by atoms with E-state index in [1.807, 2.05) is 10.9 Å². The summed E-state index contributed by atoms with van der Waals surface area (Å²) in [5, 5.41) is 15.4. The zero-order valence-corrected chi connectivity index (χ0v) is 11.0. The first-order chi connectivity index (χ1) is 9.65. The monoisotopic (exact) mass is 272 g/mol. The lowest BCUT2D eigenvalue weighted by atomic mass is 10.1. The van der Waals surface area contributed by atoms with Gasteiger partial charge in [0.2, 0.25) is 0 Å². The molecule has 6 nitrogen and oxygen atoms in total. The van der Waals surface area contributed by atoms with E-state index in [1.54, 1.807) is 12.1 Å². The quantitative estimate of drug-likeness (QED) is 0.686. The van der Waals surface area contributed by atoms with Gasteiger partial charge in [-0.1, -0.05) is 25.0 Å². The molecule has 6 heteroatoms. The first kappa shape index (κ1) is 12.7. The van der Waals surface area contributed by atoms with Gasteiger partial charge < -0.3 is 5.73 Å². The van der Waals surface area contributed by atoms with Crippen molar-refractivity contribution >= 4 is 11.4 Å². The Morgan fingerprint density at radius 2 is 2.10 bits per heavy atom. The van der Waals surface area contributed by atoms with E-state index in [9.17, 15) is 10.1 Å². The van der Waals surface area contributed by atoms with Crippen molar-refractivity contribution in [3.8, 4) is 11.3 Å². The molecule has 0 atom stereocenters. The van der Waals surface area contributed by atoms with E-state index in [0.717, 1.165) is 12.8 Å². The molecule has 20 heavy (non-hydrogen) atoms. The molecule has 2 aromatic rings. The number of nitrogens with zero attached hydrogens (tertiary/aromatic N) is 3. The number of nitro groups is 1. The summed E-state index contributed by atoms with van der Waals surface area (Å²) in [6, 6.07) is 6.84. The van der Waals surface area contributed by atoms with Crippen molar-refractivity contribution in [1.29, 1.82) is 0 Å². The average molecular weight is 272 g/mol. The van der Waals surface area contributed by atoms with Crippen LogP contribution in [0.15, 0.2) is 30.5 Å². The van der Waals surface area contributed by atoms with E-state index in [0.29, 0.717) is 23.0 Å². The molecule has 0 bridgehead atoms. The van der Waals surface area contributed by atoms with Crippen molar-refractivity contribution in [2.75, 3.05) is 5.73 Å². The normalized spacial score (nSPS) is 15.6. The number of aromatic nitrogens is 2. The largest absolute Gasteiger partial charge is 0.396 e. The molecular formula is C14H16N4O2. The molecule has 0 saturated heterocycles. The predicted octanol–water partition coefficient (Wildman–Crippen LogP) is 3.16. The van der Waals surface area contributed by atoms with Crippen LogP contribution in [0.4, 0.5) is 11.4 Å². The number of nitro benzene ring substituents is 1. The summed E-state index contributed by atoms with van der Waals surface area (Å²) in [4.78, 5) is 10.4. The molecular weight excluding hydrogens is 256 g/mol. The van der Waals surface area contributed by atoms with Crippen molar-refractivity contribution in [3.05, 3.63) is 40.6 Å². The van der Waals surface area contributed by atoms with Crippen LogP contribution in [0.2, 0.25) is 0 Å². The van der Waals surface area contributed by atoms with Gasteiger partial charge in [0, 0.05) is 23.9 Å². The number of nitrogens with two attached hydrogens (primary N) is 1. The molecule has 1 fully saturated rings. The van der Waals surface area contributed by atoms with E-state index < -0.39 is 4.92 Å². The third-order valence-corrected chi connectivity index (χ3v) is 3.79. The molecule has 0 unspecified atom stereocenters. The SMILES string of the molecule is Nc1cn(C2CCCC2)nc1-c1cccc([N+](=O)[O-])c1. The van der Waals surface area contributed by atoms with Gasteiger partial charge in [-0.25, -0.2) is 0 Å². The van der Waals surface area contributed by atoms with Crippen molar-refractivity contribution in [2.45, 2.75) is 31.7 Å². The van der Waals surface area contributed by atoms with Crippen LogP contribution in [-0.2, 0) is 0 Å².